The van der Waals surface area contributed by atoms with Gasteiger partial charge in [0.05, 0.1) is 0 Å². The topological polar surface area (TPSA) is 0 Å². The summed E-state index contributed by atoms with van der Waals surface area (Å²) in [7, 11) is 0. The van der Waals surface area contributed by atoms with Crippen LogP contribution in [0.1, 0.15) is 13.8 Å². The third-order valence-corrected chi connectivity index (χ3v) is 7.09. The Labute approximate surface area is 206 Å². The van der Waals surface area contributed by atoms with E-state index in [0.717, 1.165) is 13.8 Å². The lowest BCUT2D eigenvalue weighted by molar-refractivity contribution is 0.380. The largest absolute Gasteiger partial charge is 0.354 e. The van der Waals surface area contributed by atoms with Crippen molar-refractivity contribution in [1.29, 1.82) is 0 Å². The molecule has 0 bridgehead atoms. The van der Waals surface area contributed by atoms with Crippen LogP contribution in [0.25, 0.3) is 0 Å². The Hall–Kier alpha value is -2.98. The van der Waals surface area contributed by atoms with Gasteiger partial charge in [-0.15, -0.1) is 16.4 Å². The maximum absolute atomic E-state index is 15.1. The number of rotatable bonds is 5. The van der Waals surface area contributed by atoms with E-state index in [1.807, 2.05) is 0 Å². The summed E-state index contributed by atoms with van der Waals surface area (Å²) >= 11 is -0.584. The molecule has 0 aliphatic rings. The lowest BCUT2D eigenvalue weighted by Crippen LogP contribution is -2.71. The highest BCUT2D eigenvalue weighted by molar-refractivity contribution is 8.33. The van der Waals surface area contributed by atoms with Gasteiger partial charge in [0.2, 0.25) is 0 Å². The van der Waals surface area contributed by atoms with Crippen LogP contribution in [0.5, 0.6) is 0 Å². The summed E-state index contributed by atoms with van der Waals surface area (Å²) in [5.74, 6) is -45.0. The minimum Gasteiger partial charge on any atom is -0.354 e. The van der Waals surface area contributed by atoms with Crippen LogP contribution in [-0.4, -0.2) is 10.7 Å². The van der Waals surface area contributed by atoms with Gasteiger partial charge in [-0.1, -0.05) is 13.8 Å². The van der Waals surface area contributed by atoms with Gasteiger partial charge in [-0.25, -0.2) is 65.9 Å². The first-order valence-electron chi connectivity index (χ1n) is 9.83. The summed E-state index contributed by atoms with van der Waals surface area (Å²) in [6, 6.07) is 0. The molecule has 3 aromatic rings. The fourth-order valence-corrected chi connectivity index (χ4v) is 5.83. The molecule has 0 spiro atoms. The number of hydrogen-bond donors (Lipinski definition) is 0. The predicted octanol–water partition coefficient (Wildman–Crippen LogP) is 5.88. The molecule has 0 heterocycles. The van der Waals surface area contributed by atoms with E-state index in [-0.39, 0.29) is 0 Å². The Morgan fingerprint density at radius 1 is 0.342 bits per heavy atom. The van der Waals surface area contributed by atoms with Gasteiger partial charge < -0.3 is 11.6 Å². The first-order chi connectivity index (χ1) is 17.4. The second kappa shape index (κ2) is 9.96. The van der Waals surface area contributed by atoms with Gasteiger partial charge in [-0.2, -0.15) is 0 Å². The van der Waals surface area contributed by atoms with E-state index in [2.05, 4.69) is 0 Å². The van der Waals surface area contributed by atoms with Gasteiger partial charge in [-0.05, 0) is 5.25 Å². The van der Waals surface area contributed by atoms with Gasteiger partial charge in [-0.3, -0.25) is 0 Å². The summed E-state index contributed by atoms with van der Waals surface area (Å²) < 4.78 is 217. The Kier molecular flexibility index (Phi) is 7.76. The summed E-state index contributed by atoms with van der Waals surface area (Å²) in [6.45, 7) is 1.76. The minimum atomic E-state index is -5.53. The van der Waals surface area contributed by atoms with Crippen LogP contribution in [0.4, 0.5) is 65.9 Å². The van der Waals surface area contributed by atoms with Crippen molar-refractivity contribution in [2.75, 3.05) is 0 Å². The molecule has 0 radical (unpaired) electrons. The number of hydrogen-bond acceptors (Lipinski definition) is 1. The highest BCUT2D eigenvalue weighted by atomic mass is 32.2. The highest BCUT2D eigenvalue weighted by Gasteiger charge is 2.48. The van der Waals surface area contributed by atoms with Crippen LogP contribution in [0.15, 0.2) is 0 Å². The van der Waals surface area contributed by atoms with Crippen molar-refractivity contribution in [1.82, 2.24) is 0 Å². The van der Waals surface area contributed by atoms with E-state index < -0.39 is 126 Å². The van der Waals surface area contributed by atoms with Gasteiger partial charge in [0.25, 0.3) is 0 Å². The molecule has 0 aliphatic heterocycles. The monoisotopic (exact) mass is 587 g/mol. The van der Waals surface area contributed by atoms with E-state index in [1.54, 1.807) is 0 Å². The standard InChI is InChI=1S/C21H7BF15S/c1-3(2)38-22(4-7(23)13(29)19(35)14(30)8(4)24,5-9(25)15(31)20(36)16(32)10(5)26)6-11(27)17(33)21(37)18(34)12(6)28/h3H,1-2H3/q-1. The number of halogens is 15. The molecule has 3 aromatic carbocycles. The molecule has 0 aromatic heterocycles. The molecule has 0 saturated heterocycles. The average Bonchev–Trinajstić information content (AvgIpc) is 2.85. The lowest BCUT2D eigenvalue weighted by Gasteiger charge is -2.45. The van der Waals surface area contributed by atoms with Gasteiger partial charge >= 0.3 is 0 Å². The molecular formula is C21H7BF15S-. The van der Waals surface area contributed by atoms with Crippen molar-refractivity contribution in [3.05, 3.63) is 87.3 Å². The molecule has 0 N–H and O–H groups in total. The highest BCUT2D eigenvalue weighted by Crippen LogP contribution is 2.35. The zero-order valence-corrected chi connectivity index (χ0v) is 19.0. The van der Waals surface area contributed by atoms with Crippen molar-refractivity contribution in [2.24, 2.45) is 0 Å². The van der Waals surface area contributed by atoms with Crippen LogP contribution in [0.3, 0.4) is 0 Å². The van der Waals surface area contributed by atoms with Crippen LogP contribution >= 0.6 is 11.6 Å². The first-order valence-corrected chi connectivity index (χ1v) is 10.8. The predicted molar refractivity (Wildman–Crippen MR) is 106 cm³/mol. The molecule has 0 nitrogen and oxygen atoms in total. The second-order valence-corrected chi connectivity index (χ2v) is 9.84. The van der Waals surface area contributed by atoms with Crippen LogP contribution in [-0.2, 0) is 0 Å². The van der Waals surface area contributed by atoms with Crippen molar-refractivity contribution in [2.45, 2.75) is 19.1 Å². The molecule has 3 rings (SSSR count). The zero-order valence-electron chi connectivity index (χ0n) is 18.2. The van der Waals surface area contributed by atoms with Gasteiger partial charge in [0, 0.05) is 0 Å². The molecule has 206 valence electrons. The summed E-state index contributed by atoms with van der Waals surface area (Å²) in [4.78, 5) is 0. The van der Waals surface area contributed by atoms with E-state index in [0.29, 0.717) is 0 Å². The summed E-state index contributed by atoms with van der Waals surface area (Å²) in [5, 5.41) is -1.55. The fourth-order valence-electron chi connectivity index (χ4n) is 3.98. The lowest BCUT2D eigenvalue weighted by atomic mass is 9.33. The molecule has 38 heavy (non-hydrogen) atoms. The maximum Gasteiger partial charge on any atom is 0.200 e. The van der Waals surface area contributed by atoms with Gasteiger partial charge in [0.1, 0.15) is 34.9 Å². The molecule has 0 saturated carbocycles. The molecule has 17 heteroatoms. The Bertz CT molecular complexity index is 1230. The Morgan fingerprint density at radius 2 is 0.500 bits per heavy atom. The normalized spacial score (nSPS) is 12.2. The maximum atomic E-state index is 15.1. The van der Waals surface area contributed by atoms with Crippen molar-refractivity contribution in [3.63, 3.8) is 0 Å². The zero-order chi connectivity index (χ0) is 29.2. The smallest absolute Gasteiger partial charge is 0.200 e. The summed E-state index contributed by atoms with van der Waals surface area (Å²) in [5.41, 5.74) is -13.4. The van der Waals surface area contributed by atoms with E-state index in [1.165, 1.54) is 0 Å². The molecule has 0 amide bonds. The van der Waals surface area contributed by atoms with E-state index >= 15 is 26.3 Å². The van der Waals surface area contributed by atoms with Crippen LogP contribution in [0.2, 0.25) is 0 Å². The van der Waals surface area contributed by atoms with Crippen LogP contribution < -0.4 is 16.4 Å². The third-order valence-electron chi connectivity index (χ3n) is 5.43. The average molecular weight is 587 g/mol. The fraction of sp³-hybridized carbons (Fsp3) is 0.143. The molecule has 0 aliphatic carbocycles. The summed E-state index contributed by atoms with van der Waals surface area (Å²) in [6.07, 6.45) is 0. The van der Waals surface area contributed by atoms with Crippen molar-refractivity contribution >= 4 is 33.4 Å². The number of benzene rings is 3. The molecular weight excluding hydrogens is 580 g/mol. The van der Waals surface area contributed by atoms with Crippen molar-refractivity contribution in [3.8, 4) is 0 Å². The minimum absolute atomic E-state index is 0.584. The molecule has 0 atom stereocenters. The second-order valence-electron chi connectivity index (χ2n) is 7.92. The quantitative estimate of drug-likeness (QED) is 0.156. The Morgan fingerprint density at radius 3 is 0.658 bits per heavy atom. The van der Waals surface area contributed by atoms with E-state index in [4.69, 9.17) is 0 Å². The van der Waals surface area contributed by atoms with Crippen molar-refractivity contribution < 1.29 is 65.9 Å². The SMILES string of the molecule is CC(C)S[B-](c1c(F)c(F)c(F)c(F)c1F)(c1c(F)c(F)c(F)c(F)c1F)c1c(F)c(F)c(F)c(F)c1F. The van der Waals surface area contributed by atoms with E-state index in [9.17, 15) is 39.5 Å². The first kappa shape index (κ1) is 29.6. The third kappa shape index (κ3) is 4.00. The molecule has 0 unspecified atom stereocenters. The van der Waals surface area contributed by atoms with Gasteiger partial charge in [0.15, 0.2) is 57.8 Å². The molecule has 0 fully saturated rings. The van der Waals surface area contributed by atoms with Crippen LogP contribution in [0, 0.1) is 87.3 Å². The Balaban J connectivity index is 2.89.